The molecule has 1 amide bonds. The fourth-order valence-corrected chi connectivity index (χ4v) is 5.76. The van der Waals surface area contributed by atoms with Crippen molar-refractivity contribution in [1.82, 2.24) is 10.3 Å². The smallest absolute Gasteiger partial charge is 0.250 e. The van der Waals surface area contributed by atoms with Gasteiger partial charge < -0.3 is 16.0 Å². The molecule has 7 heteroatoms. The molecule has 0 bridgehead atoms. The molecule has 0 aliphatic carbocycles. The lowest BCUT2D eigenvalue weighted by Crippen LogP contribution is -2.19. The van der Waals surface area contributed by atoms with Crippen molar-refractivity contribution in [3.8, 4) is 11.1 Å². The van der Waals surface area contributed by atoms with Crippen LogP contribution in [0.1, 0.15) is 40.2 Å². The van der Waals surface area contributed by atoms with E-state index in [0.717, 1.165) is 52.5 Å². The second-order valence-corrected chi connectivity index (χ2v) is 10.2. The van der Waals surface area contributed by atoms with E-state index in [2.05, 4.69) is 28.5 Å². The molecule has 6 nitrogen and oxygen atoms in total. The Morgan fingerprint density at radius 2 is 1.97 bits per heavy atom. The summed E-state index contributed by atoms with van der Waals surface area (Å²) in [6, 6.07) is 12.2. The standard InChI is InChI=1S/C22H27N3O3S/c1-24-12-14-3-2-4-16(9-14)17-10-18-20(15-5-7-29(27,28)8-6-15)13-25-21(18)19(11-17)22(23)26/h2-4,9-11,13,15,24-25,27-28H,5-8,12H2,1H3,(H2,23,26). The first-order chi connectivity index (χ1) is 13.9. The molecule has 154 valence electrons. The number of amides is 1. The molecule has 4 rings (SSSR count). The molecule has 2 heterocycles. The van der Waals surface area contributed by atoms with Gasteiger partial charge in [0.05, 0.1) is 11.1 Å². The minimum absolute atomic E-state index is 0.232. The van der Waals surface area contributed by atoms with Gasteiger partial charge in [-0.15, -0.1) is 0 Å². The molecular weight excluding hydrogens is 386 g/mol. The number of nitrogens with one attached hydrogen (secondary N) is 2. The van der Waals surface area contributed by atoms with Crippen molar-refractivity contribution in [2.24, 2.45) is 5.73 Å². The van der Waals surface area contributed by atoms with E-state index in [9.17, 15) is 13.9 Å². The lowest BCUT2D eigenvalue weighted by molar-refractivity contribution is 0.100. The fourth-order valence-electron chi connectivity index (χ4n) is 4.24. The molecule has 1 saturated heterocycles. The molecule has 0 spiro atoms. The van der Waals surface area contributed by atoms with Crippen molar-refractivity contribution in [2.45, 2.75) is 25.3 Å². The Labute approximate surface area is 171 Å². The predicted molar refractivity (Wildman–Crippen MR) is 120 cm³/mol. The first-order valence-corrected chi connectivity index (χ1v) is 11.7. The van der Waals surface area contributed by atoms with Gasteiger partial charge in [-0.1, -0.05) is 18.2 Å². The SMILES string of the molecule is CNCc1cccc(-c2cc(C(N)=O)c3[nH]cc(C4CCS(O)(O)CC4)c3c2)c1. The quantitative estimate of drug-likeness (QED) is 0.430. The van der Waals surface area contributed by atoms with Crippen molar-refractivity contribution in [3.05, 3.63) is 59.3 Å². The molecule has 1 fully saturated rings. The van der Waals surface area contributed by atoms with Gasteiger partial charge in [-0.05, 0) is 66.3 Å². The zero-order valence-corrected chi connectivity index (χ0v) is 17.3. The number of carbonyl (C=O) groups excluding carboxylic acids is 1. The zero-order valence-electron chi connectivity index (χ0n) is 16.4. The van der Waals surface area contributed by atoms with Gasteiger partial charge in [0.25, 0.3) is 5.91 Å². The molecule has 1 aliphatic heterocycles. The summed E-state index contributed by atoms with van der Waals surface area (Å²) in [6.07, 6.45) is 3.40. The van der Waals surface area contributed by atoms with E-state index >= 15 is 0 Å². The molecule has 0 radical (unpaired) electrons. The summed E-state index contributed by atoms with van der Waals surface area (Å²) in [4.78, 5) is 15.4. The van der Waals surface area contributed by atoms with Crippen LogP contribution >= 0.6 is 10.6 Å². The Hall–Kier alpha value is -2.32. The lowest BCUT2D eigenvalue weighted by atomic mass is 9.90. The van der Waals surface area contributed by atoms with Crippen LogP contribution in [0.5, 0.6) is 0 Å². The molecule has 29 heavy (non-hydrogen) atoms. The largest absolute Gasteiger partial charge is 0.366 e. The number of carbonyl (C=O) groups is 1. The number of fused-ring (bicyclic) bond motifs is 1. The van der Waals surface area contributed by atoms with E-state index in [0.29, 0.717) is 17.1 Å². The first-order valence-electron chi connectivity index (χ1n) is 9.80. The van der Waals surface area contributed by atoms with Crippen LogP contribution in [0.25, 0.3) is 22.0 Å². The monoisotopic (exact) mass is 413 g/mol. The number of benzene rings is 2. The Morgan fingerprint density at radius 3 is 2.66 bits per heavy atom. The lowest BCUT2D eigenvalue weighted by Gasteiger charge is -2.39. The summed E-state index contributed by atoms with van der Waals surface area (Å²) in [5, 5.41) is 4.14. The maximum atomic E-state index is 12.2. The van der Waals surface area contributed by atoms with E-state index in [1.165, 1.54) is 0 Å². The molecule has 0 saturated carbocycles. The third kappa shape index (κ3) is 4.04. The van der Waals surface area contributed by atoms with Gasteiger partial charge in [0.2, 0.25) is 0 Å². The van der Waals surface area contributed by atoms with E-state index < -0.39 is 16.5 Å². The van der Waals surface area contributed by atoms with Crippen LogP contribution in [-0.2, 0) is 6.54 Å². The third-order valence-electron chi connectivity index (χ3n) is 5.75. The van der Waals surface area contributed by atoms with Gasteiger partial charge in [-0.25, -0.2) is 0 Å². The van der Waals surface area contributed by atoms with Crippen molar-refractivity contribution < 1.29 is 13.9 Å². The summed E-state index contributed by atoms with van der Waals surface area (Å²) in [7, 11) is -0.521. The number of aromatic amines is 1. The maximum Gasteiger partial charge on any atom is 0.250 e. The van der Waals surface area contributed by atoms with Gasteiger partial charge in [-0.2, -0.15) is 10.6 Å². The zero-order chi connectivity index (χ0) is 20.6. The van der Waals surface area contributed by atoms with Gasteiger partial charge in [0.15, 0.2) is 0 Å². The highest BCUT2D eigenvalue weighted by Gasteiger charge is 2.27. The van der Waals surface area contributed by atoms with Gasteiger partial charge in [0.1, 0.15) is 0 Å². The third-order valence-corrected chi connectivity index (χ3v) is 7.53. The average Bonchev–Trinajstić information content (AvgIpc) is 3.11. The van der Waals surface area contributed by atoms with Crippen LogP contribution in [0, 0.1) is 0 Å². The summed E-state index contributed by atoms with van der Waals surface area (Å²) < 4.78 is 19.9. The van der Waals surface area contributed by atoms with Crippen LogP contribution in [0.4, 0.5) is 0 Å². The normalized spacial score (nSPS) is 18.0. The summed E-state index contributed by atoms with van der Waals surface area (Å²) in [6.45, 7) is 0.767. The van der Waals surface area contributed by atoms with Crippen molar-refractivity contribution in [1.29, 1.82) is 0 Å². The number of H-pyrrole nitrogens is 1. The molecule has 1 aromatic heterocycles. The highest BCUT2D eigenvalue weighted by molar-refractivity contribution is 8.24. The minimum atomic E-state index is -2.43. The van der Waals surface area contributed by atoms with Gasteiger partial charge in [-0.3, -0.25) is 13.9 Å². The van der Waals surface area contributed by atoms with Gasteiger partial charge in [0, 0.05) is 29.6 Å². The molecular formula is C22H27N3O3S. The van der Waals surface area contributed by atoms with Gasteiger partial charge >= 0.3 is 0 Å². The van der Waals surface area contributed by atoms with Crippen LogP contribution in [0.2, 0.25) is 0 Å². The molecule has 0 unspecified atom stereocenters. The molecule has 2 aromatic carbocycles. The second kappa shape index (κ2) is 7.84. The summed E-state index contributed by atoms with van der Waals surface area (Å²) >= 11 is 0. The maximum absolute atomic E-state index is 12.2. The highest BCUT2D eigenvalue weighted by Crippen LogP contribution is 2.49. The highest BCUT2D eigenvalue weighted by atomic mass is 32.3. The number of aromatic nitrogens is 1. The number of hydrogen-bond donors (Lipinski definition) is 5. The Balaban J connectivity index is 1.81. The van der Waals surface area contributed by atoms with E-state index in [1.54, 1.807) is 0 Å². The van der Waals surface area contributed by atoms with E-state index in [4.69, 9.17) is 5.73 Å². The summed E-state index contributed by atoms with van der Waals surface area (Å²) in [5.74, 6) is 0.627. The average molecular weight is 414 g/mol. The van der Waals surface area contributed by atoms with E-state index in [1.807, 2.05) is 31.4 Å². The first kappa shape index (κ1) is 20.0. The number of rotatable bonds is 5. The molecule has 1 aliphatic rings. The second-order valence-electron chi connectivity index (χ2n) is 7.77. The Morgan fingerprint density at radius 1 is 1.21 bits per heavy atom. The summed E-state index contributed by atoms with van der Waals surface area (Å²) in [5.41, 5.74) is 11.2. The van der Waals surface area contributed by atoms with E-state index in [-0.39, 0.29) is 5.92 Å². The van der Waals surface area contributed by atoms with Crippen molar-refractivity contribution >= 4 is 27.4 Å². The fraction of sp³-hybridized carbons (Fsp3) is 0.318. The number of nitrogens with two attached hydrogens (primary N) is 1. The Kier molecular flexibility index (Phi) is 5.40. The number of hydrogen-bond acceptors (Lipinski definition) is 4. The molecule has 0 atom stereocenters. The Bertz CT molecular complexity index is 1050. The van der Waals surface area contributed by atoms with Crippen LogP contribution < -0.4 is 11.1 Å². The van der Waals surface area contributed by atoms with Crippen LogP contribution in [0.15, 0.2) is 42.6 Å². The van der Waals surface area contributed by atoms with Crippen molar-refractivity contribution in [2.75, 3.05) is 18.6 Å². The predicted octanol–water partition coefficient (Wildman–Crippen LogP) is 4.28. The molecule has 3 aromatic rings. The molecule has 6 N–H and O–H groups in total. The van der Waals surface area contributed by atoms with Crippen LogP contribution in [0.3, 0.4) is 0 Å². The number of primary amides is 1. The van der Waals surface area contributed by atoms with Crippen LogP contribution in [-0.4, -0.2) is 38.6 Å². The van der Waals surface area contributed by atoms with Crippen molar-refractivity contribution in [3.63, 3.8) is 0 Å². The topological polar surface area (TPSA) is 111 Å². The minimum Gasteiger partial charge on any atom is -0.366 e.